The minimum Gasteiger partial charge on any atom is -0.493 e. The van der Waals surface area contributed by atoms with E-state index in [1.165, 1.54) is 0 Å². The number of carbonyl (C=O) groups excluding carboxylic acids is 1. The monoisotopic (exact) mass is 360 g/mol. The molecule has 3 aromatic rings. The van der Waals surface area contributed by atoms with E-state index in [9.17, 15) is 4.79 Å². The molecule has 0 aromatic heterocycles. The van der Waals surface area contributed by atoms with Crippen LogP contribution in [0.5, 0.6) is 5.75 Å². The molecule has 4 nitrogen and oxygen atoms in total. The average molecular weight is 360 g/mol. The number of hydrogen-bond acceptors (Lipinski definition) is 3. The van der Waals surface area contributed by atoms with Gasteiger partial charge in [0.25, 0.3) is 5.91 Å². The minimum absolute atomic E-state index is 0.144. The Labute approximate surface area is 160 Å². The van der Waals surface area contributed by atoms with Gasteiger partial charge in [0.05, 0.1) is 6.61 Å². The third kappa shape index (κ3) is 5.61. The van der Waals surface area contributed by atoms with Crippen molar-refractivity contribution in [2.24, 2.45) is 5.92 Å². The topological polar surface area (TPSA) is 50.4 Å². The van der Waals surface area contributed by atoms with E-state index < -0.39 is 0 Å². The van der Waals surface area contributed by atoms with E-state index in [1.54, 1.807) is 12.1 Å². The van der Waals surface area contributed by atoms with Crippen LogP contribution in [0.2, 0.25) is 0 Å². The number of anilines is 3. The van der Waals surface area contributed by atoms with E-state index in [0.717, 1.165) is 22.8 Å². The molecule has 3 aromatic carbocycles. The van der Waals surface area contributed by atoms with Crippen LogP contribution in [-0.2, 0) is 0 Å². The van der Waals surface area contributed by atoms with Crippen molar-refractivity contribution in [1.29, 1.82) is 0 Å². The Bertz CT molecular complexity index is 857. The summed E-state index contributed by atoms with van der Waals surface area (Å²) < 4.78 is 5.64. The predicted molar refractivity (Wildman–Crippen MR) is 111 cm³/mol. The lowest BCUT2D eigenvalue weighted by atomic mass is 10.2. The number of carbonyl (C=O) groups is 1. The summed E-state index contributed by atoms with van der Waals surface area (Å²) in [4.78, 5) is 12.4. The molecule has 0 unspecified atom stereocenters. The van der Waals surface area contributed by atoms with E-state index >= 15 is 0 Å². The zero-order chi connectivity index (χ0) is 19.1. The standard InChI is InChI=1S/C23H24N2O2/c1-17(2)16-27-22-14-8-18(9-15-22)23(26)25-21-12-10-20(11-13-21)24-19-6-4-3-5-7-19/h3-15,17,24H,16H2,1-2H3,(H,25,26). The summed E-state index contributed by atoms with van der Waals surface area (Å²) in [6, 6.07) is 24.8. The Morgan fingerprint density at radius 3 is 2.04 bits per heavy atom. The van der Waals surface area contributed by atoms with E-state index in [4.69, 9.17) is 4.74 Å². The highest BCUT2D eigenvalue weighted by molar-refractivity contribution is 6.04. The fourth-order valence-electron chi connectivity index (χ4n) is 2.49. The van der Waals surface area contributed by atoms with E-state index in [0.29, 0.717) is 18.1 Å². The largest absolute Gasteiger partial charge is 0.493 e. The molecule has 0 atom stereocenters. The minimum atomic E-state index is -0.144. The van der Waals surface area contributed by atoms with Crippen LogP contribution in [0.15, 0.2) is 78.9 Å². The van der Waals surface area contributed by atoms with Gasteiger partial charge in [0.1, 0.15) is 5.75 Å². The molecule has 0 fully saturated rings. The van der Waals surface area contributed by atoms with Gasteiger partial charge < -0.3 is 15.4 Å². The van der Waals surface area contributed by atoms with Gasteiger partial charge in [-0.15, -0.1) is 0 Å². The number of benzene rings is 3. The molecule has 0 bridgehead atoms. The van der Waals surface area contributed by atoms with Gasteiger partial charge in [-0.3, -0.25) is 4.79 Å². The Hall–Kier alpha value is -3.27. The van der Waals surface area contributed by atoms with Crippen LogP contribution in [0.4, 0.5) is 17.1 Å². The quantitative estimate of drug-likeness (QED) is 0.567. The zero-order valence-electron chi connectivity index (χ0n) is 15.6. The van der Waals surface area contributed by atoms with E-state index in [2.05, 4.69) is 24.5 Å². The maximum atomic E-state index is 12.4. The Kier molecular flexibility index (Phi) is 6.10. The summed E-state index contributed by atoms with van der Waals surface area (Å²) in [5.74, 6) is 1.10. The summed E-state index contributed by atoms with van der Waals surface area (Å²) in [5.41, 5.74) is 3.33. The smallest absolute Gasteiger partial charge is 0.255 e. The maximum Gasteiger partial charge on any atom is 0.255 e. The second-order valence-electron chi connectivity index (χ2n) is 6.75. The zero-order valence-corrected chi connectivity index (χ0v) is 15.6. The molecule has 1 amide bonds. The molecule has 0 aliphatic heterocycles. The molecule has 0 radical (unpaired) electrons. The first-order valence-electron chi connectivity index (χ1n) is 9.06. The van der Waals surface area contributed by atoms with Gasteiger partial charge >= 0.3 is 0 Å². The molecule has 2 N–H and O–H groups in total. The molecule has 0 aliphatic carbocycles. The third-order valence-corrected chi connectivity index (χ3v) is 3.91. The molecular weight excluding hydrogens is 336 g/mol. The van der Waals surface area contributed by atoms with Crippen LogP contribution in [-0.4, -0.2) is 12.5 Å². The number of ether oxygens (including phenoxy) is 1. The second kappa shape index (κ2) is 8.90. The van der Waals surface area contributed by atoms with Crippen LogP contribution >= 0.6 is 0 Å². The number of nitrogens with one attached hydrogen (secondary N) is 2. The molecule has 0 saturated carbocycles. The fourth-order valence-corrected chi connectivity index (χ4v) is 2.49. The second-order valence-corrected chi connectivity index (χ2v) is 6.75. The van der Waals surface area contributed by atoms with Crippen molar-refractivity contribution in [2.75, 3.05) is 17.2 Å². The lowest BCUT2D eigenvalue weighted by Gasteiger charge is -2.10. The third-order valence-electron chi connectivity index (χ3n) is 3.91. The van der Waals surface area contributed by atoms with E-state index in [-0.39, 0.29) is 5.91 Å². The maximum absolute atomic E-state index is 12.4. The summed E-state index contributed by atoms with van der Waals surface area (Å²) in [6.45, 7) is 4.86. The Morgan fingerprint density at radius 1 is 0.815 bits per heavy atom. The van der Waals surface area contributed by atoms with Crippen molar-refractivity contribution in [3.05, 3.63) is 84.4 Å². The highest BCUT2D eigenvalue weighted by Crippen LogP contribution is 2.20. The summed E-state index contributed by atoms with van der Waals surface area (Å²) in [5, 5.41) is 6.23. The Morgan fingerprint density at radius 2 is 1.41 bits per heavy atom. The SMILES string of the molecule is CC(C)COc1ccc(C(=O)Nc2ccc(Nc3ccccc3)cc2)cc1. The molecule has 0 spiro atoms. The van der Waals surface area contributed by atoms with Crippen molar-refractivity contribution < 1.29 is 9.53 Å². The lowest BCUT2D eigenvalue weighted by Crippen LogP contribution is -2.12. The number of para-hydroxylation sites is 1. The summed E-state index contributed by atoms with van der Waals surface area (Å²) >= 11 is 0. The molecule has 138 valence electrons. The van der Waals surface area contributed by atoms with Gasteiger partial charge in [-0.25, -0.2) is 0 Å². The molecule has 3 rings (SSSR count). The average Bonchev–Trinajstić information content (AvgIpc) is 2.69. The van der Waals surface area contributed by atoms with Crippen LogP contribution in [0.1, 0.15) is 24.2 Å². The van der Waals surface area contributed by atoms with Crippen molar-refractivity contribution in [2.45, 2.75) is 13.8 Å². The molecular formula is C23H24N2O2. The number of hydrogen-bond donors (Lipinski definition) is 2. The van der Waals surface area contributed by atoms with Crippen LogP contribution in [0.25, 0.3) is 0 Å². The first kappa shape index (κ1) is 18.5. The molecule has 0 saturated heterocycles. The van der Waals surface area contributed by atoms with Gasteiger partial charge in [0.2, 0.25) is 0 Å². The van der Waals surface area contributed by atoms with Crippen LogP contribution in [0, 0.1) is 5.92 Å². The fraction of sp³-hybridized carbons (Fsp3) is 0.174. The van der Waals surface area contributed by atoms with Crippen LogP contribution in [0.3, 0.4) is 0 Å². The lowest BCUT2D eigenvalue weighted by molar-refractivity contribution is 0.102. The number of amides is 1. The van der Waals surface area contributed by atoms with Gasteiger partial charge in [-0.2, -0.15) is 0 Å². The molecule has 0 aliphatic rings. The van der Waals surface area contributed by atoms with Gasteiger partial charge in [-0.05, 0) is 66.6 Å². The molecule has 27 heavy (non-hydrogen) atoms. The van der Waals surface area contributed by atoms with Gasteiger partial charge in [0.15, 0.2) is 0 Å². The molecule has 0 heterocycles. The first-order valence-corrected chi connectivity index (χ1v) is 9.06. The predicted octanol–water partition coefficient (Wildman–Crippen LogP) is 5.72. The summed E-state index contributed by atoms with van der Waals surface area (Å²) in [7, 11) is 0. The van der Waals surface area contributed by atoms with Gasteiger partial charge in [-0.1, -0.05) is 32.0 Å². The number of rotatable bonds is 7. The van der Waals surface area contributed by atoms with Crippen molar-refractivity contribution in [3.8, 4) is 5.75 Å². The normalized spacial score (nSPS) is 10.5. The van der Waals surface area contributed by atoms with Crippen molar-refractivity contribution in [1.82, 2.24) is 0 Å². The Balaban J connectivity index is 1.57. The highest BCUT2D eigenvalue weighted by Gasteiger charge is 2.07. The van der Waals surface area contributed by atoms with Crippen LogP contribution < -0.4 is 15.4 Å². The summed E-state index contributed by atoms with van der Waals surface area (Å²) in [6.07, 6.45) is 0. The van der Waals surface area contributed by atoms with Gasteiger partial charge in [0, 0.05) is 22.6 Å². The highest BCUT2D eigenvalue weighted by atomic mass is 16.5. The van der Waals surface area contributed by atoms with Crippen molar-refractivity contribution in [3.63, 3.8) is 0 Å². The first-order chi connectivity index (χ1) is 13.1. The molecule has 4 heteroatoms. The van der Waals surface area contributed by atoms with E-state index in [1.807, 2.05) is 66.7 Å². The van der Waals surface area contributed by atoms with Crippen molar-refractivity contribution >= 4 is 23.0 Å².